The van der Waals surface area contributed by atoms with Gasteiger partial charge in [-0.2, -0.15) is 0 Å². The van der Waals surface area contributed by atoms with Crippen LogP contribution in [0.1, 0.15) is 24.2 Å². The smallest absolute Gasteiger partial charge is 0.335 e. The lowest BCUT2D eigenvalue weighted by Gasteiger charge is -2.13. The first kappa shape index (κ1) is 17.4. The summed E-state index contributed by atoms with van der Waals surface area (Å²) in [7, 11) is 0. The molecule has 0 aliphatic rings. The molecular formula is C14H19ClN2O4. The number of nitrogens with one attached hydrogen (secondary N) is 2. The van der Waals surface area contributed by atoms with E-state index < -0.39 is 5.97 Å². The number of benzene rings is 1. The van der Waals surface area contributed by atoms with E-state index in [-0.39, 0.29) is 34.8 Å². The van der Waals surface area contributed by atoms with Gasteiger partial charge in [-0.1, -0.05) is 11.6 Å². The van der Waals surface area contributed by atoms with Gasteiger partial charge in [0.2, 0.25) is 5.91 Å². The van der Waals surface area contributed by atoms with Crippen LogP contribution < -0.4 is 10.6 Å². The van der Waals surface area contributed by atoms with Crippen LogP contribution in [0.25, 0.3) is 0 Å². The quantitative estimate of drug-likeness (QED) is 0.683. The highest BCUT2D eigenvalue weighted by atomic mass is 35.5. The number of aromatic carboxylic acids is 1. The van der Waals surface area contributed by atoms with Gasteiger partial charge in [-0.15, -0.1) is 0 Å². The van der Waals surface area contributed by atoms with E-state index in [0.717, 1.165) is 0 Å². The highest BCUT2D eigenvalue weighted by molar-refractivity contribution is 6.33. The molecule has 7 heteroatoms. The molecule has 0 fully saturated rings. The minimum Gasteiger partial charge on any atom is -0.478 e. The highest BCUT2D eigenvalue weighted by Crippen LogP contribution is 2.22. The molecule has 1 aromatic rings. The lowest BCUT2D eigenvalue weighted by Crippen LogP contribution is -2.33. The standard InChI is InChI=1S/C14H19ClN2O4/c1-3-21-9(2)7-16-8-13(18)17-12-6-10(14(19)20)4-5-11(12)15/h4-6,9,16H,3,7-8H2,1-2H3,(H,17,18)(H,19,20). The number of carbonyl (C=O) groups excluding carboxylic acids is 1. The topological polar surface area (TPSA) is 87.7 Å². The minimum atomic E-state index is -1.08. The Kier molecular flexibility index (Phi) is 7.14. The number of hydrogen-bond donors (Lipinski definition) is 3. The first-order valence-electron chi connectivity index (χ1n) is 6.59. The van der Waals surface area contributed by atoms with Gasteiger partial charge < -0.3 is 20.5 Å². The molecular weight excluding hydrogens is 296 g/mol. The zero-order chi connectivity index (χ0) is 15.8. The van der Waals surface area contributed by atoms with Crippen molar-refractivity contribution in [3.63, 3.8) is 0 Å². The molecule has 0 saturated heterocycles. The summed E-state index contributed by atoms with van der Waals surface area (Å²) in [4.78, 5) is 22.6. The van der Waals surface area contributed by atoms with Gasteiger partial charge >= 0.3 is 5.97 Å². The number of carbonyl (C=O) groups is 2. The van der Waals surface area contributed by atoms with Gasteiger partial charge in [0.15, 0.2) is 0 Å². The number of ether oxygens (including phenoxy) is 1. The molecule has 0 heterocycles. The number of rotatable bonds is 8. The molecule has 1 amide bonds. The van der Waals surface area contributed by atoms with E-state index in [0.29, 0.717) is 13.2 Å². The summed E-state index contributed by atoms with van der Waals surface area (Å²) in [6, 6.07) is 4.14. The third-order valence-electron chi connectivity index (χ3n) is 2.66. The molecule has 0 radical (unpaired) electrons. The van der Waals surface area contributed by atoms with E-state index in [4.69, 9.17) is 21.4 Å². The molecule has 0 bridgehead atoms. The Bertz CT molecular complexity index is 508. The summed E-state index contributed by atoms with van der Waals surface area (Å²) < 4.78 is 5.32. The number of carboxylic acid groups (broad SMARTS) is 1. The number of hydrogen-bond acceptors (Lipinski definition) is 4. The number of anilines is 1. The lowest BCUT2D eigenvalue weighted by molar-refractivity contribution is -0.115. The van der Waals surface area contributed by atoms with Gasteiger partial charge in [-0.3, -0.25) is 4.79 Å². The second kappa shape index (κ2) is 8.61. The Balaban J connectivity index is 2.51. The van der Waals surface area contributed by atoms with E-state index >= 15 is 0 Å². The van der Waals surface area contributed by atoms with Crippen molar-refractivity contribution in [1.82, 2.24) is 5.32 Å². The summed E-state index contributed by atoms with van der Waals surface area (Å²) in [6.07, 6.45) is 0.0155. The number of amides is 1. The fourth-order valence-corrected chi connectivity index (χ4v) is 1.85. The zero-order valence-corrected chi connectivity index (χ0v) is 12.7. The molecule has 1 atom stereocenters. The Morgan fingerprint density at radius 2 is 2.14 bits per heavy atom. The van der Waals surface area contributed by atoms with Crippen molar-refractivity contribution in [3.05, 3.63) is 28.8 Å². The minimum absolute atomic E-state index is 0.0155. The van der Waals surface area contributed by atoms with Crippen LogP contribution in [0.2, 0.25) is 5.02 Å². The van der Waals surface area contributed by atoms with E-state index in [1.165, 1.54) is 18.2 Å². The first-order valence-corrected chi connectivity index (χ1v) is 6.96. The van der Waals surface area contributed by atoms with E-state index in [1.54, 1.807) is 0 Å². The van der Waals surface area contributed by atoms with Crippen LogP contribution in [0.3, 0.4) is 0 Å². The van der Waals surface area contributed by atoms with Gasteiger partial charge in [0, 0.05) is 13.2 Å². The summed E-state index contributed by atoms with van der Waals surface area (Å²) in [5, 5.41) is 14.7. The SMILES string of the molecule is CCOC(C)CNCC(=O)Nc1cc(C(=O)O)ccc1Cl. The molecule has 0 aromatic heterocycles. The second-order valence-electron chi connectivity index (χ2n) is 4.44. The highest BCUT2D eigenvalue weighted by Gasteiger charge is 2.10. The van der Waals surface area contributed by atoms with Gasteiger partial charge in [0.25, 0.3) is 0 Å². The van der Waals surface area contributed by atoms with E-state index in [2.05, 4.69) is 10.6 Å². The summed E-state index contributed by atoms with van der Waals surface area (Å²) >= 11 is 5.92. The van der Waals surface area contributed by atoms with Crippen molar-refractivity contribution < 1.29 is 19.4 Å². The normalized spacial score (nSPS) is 12.0. The fraction of sp³-hybridized carbons (Fsp3) is 0.429. The third kappa shape index (κ3) is 6.12. The Morgan fingerprint density at radius 3 is 2.76 bits per heavy atom. The van der Waals surface area contributed by atoms with Crippen molar-refractivity contribution >= 4 is 29.2 Å². The van der Waals surface area contributed by atoms with Gasteiger partial charge in [-0.25, -0.2) is 4.79 Å². The van der Waals surface area contributed by atoms with Crippen LogP contribution in [0.5, 0.6) is 0 Å². The molecule has 6 nitrogen and oxygen atoms in total. The van der Waals surface area contributed by atoms with Crippen molar-refractivity contribution in [2.45, 2.75) is 20.0 Å². The monoisotopic (exact) mass is 314 g/mol. The molecule has 1 rings (SSSR count). The maximum atomic E-state index is 11.8. The van der Waals surface area contributed by atoms with Crippen molar-refractivity contribution in [2.24, 2.45) is 0 Å². The maximum Gasteiger partial charge on any atom is 0.335 e. The van der Waals surface area contributed by atoms with Crippen LogP contribution in [-0.4, -0.2) is 42.8 Å². The molecule has 0 saturated carbocycles. The average molecular weight is 315 g/mol. The maximum absolute atomic E-state index is 11.8. The molecule has 1 unspecified atom stereocenters. The van der Waals surface area contributed by atoms with E-state index in [1.807, 2.05) is 13.8 Å². The average Bonchev–Trinajstić information content (AvgIpc) is 2.41. The van der Waals surface area contributed by atoms with Gasteiger partial charge in [0.05, 0.1) is 28.9 Å². The Labute approximate surface area is 128 Å². The summed E-state index contributed by atoms with van der Waals surface area (Å²) in [5.74, 6) is -1.38. The molecule has 0 aliphatic carbocycles. The van der Waals surface area contributed by atoms with Gasteiger partial charge in [-0.05, 0) is 32.0 Å². The van der Waals surface area contributed by atoms with Crippen LogP contribution in [0.15, 0.2) is 18.2 Å². The second-order valence-corrected chi connectivity index (χ2v) is 4.85. The number of carboxylic acids is 1. The predicted octanol–water partition coefficient (Wildman–Crippen LogP) is 1.99. The summed E-state index contributed by atoms with van der Waals surface area (Å²) in [5.41, 5.74) is 0.342. The summed E-state index contributed by atoms with van der Waals surface area (Å²) in [6.45, 7) is 5.06. The van der Waals surface area contributed by atoms with E-state index in [9.17, 15) is 9.59 Å². The first-order chi connectivity index (χ1) is 9.93. The largest absolute Gasteiger partial charge is 0.478 e. The molecule has 1 aromatic carbocycles. The molecule has 3 N–H and O–H groups in total. The van der Waals surface area contributed by atoms with Gasteiger partial charge in [0.1, 0.15) is 0 Å². The van der Waals surface area contributed by atoms with Crippen molar-refractivity contribution in [2.75, 3.05) is 25.0 Å². The molecule has 0 spiro atoms. The fourth-order valence-electron chi connectivity index (χ4n) is 1.68. The molecule has 21 heavy (non-hydrogen) atoms. The number of halogens is 1. The predicted molar refractivity (Wildman–Crippen MR) is 81.0 cm³/mol. The van der Waals surface area contributed by atoms with Crippen LogP contribution in [0.4, 0.5) is 5.69 Å². The molecule has 116 valence electrons. The lowest BCUT2D eigenvalue weighted by atomic mass is 10.2. The molecule has 0 aliphatic heterocycles. The Morgan fingerprint density at radius 1 is 1.43 bits per heavy atom. The van der Waals surface area contributed by atoms with Crippen molar-refractivity contribution in [3.8, 4) is 0 Å². The van der Waals surface area contributed by atoms with Crippen LogP contribution >= 0.6 is 11.6 Å². The zero-order valence-electron chi connectivity index (χ0n) is 12.0. The third-order valence-corrected chi connectivity index (χ3v) is 2.99. The van der Waals surface area contributed by atoms with Crippen molar-refractivity contribution in [1.29, 1.82) is 0 Å². The van der Waals surface area contributed by atoms with Crippen LogP contribution in [0, 0.1) is 0 Å². The van der Waals surface area contributed by atoms with Crippen LogP contribution in [-0.2, 0) is 9.53 Å². The Hall–Kier alpha value is -1.63.